The fraction of sp³-hybridized carbons (Fsp3) is 0.0667. The minimum absolute atomic E-state index is 0.798. The van der Waals surface area contributed by atoms with E-state index in [1.54, 1.807) is 6.20 Å². The van der Waals surface area contributed by atoms with Crippen molar-refractivity contribution >= 4 is 22.1 Å². The molecule has 0 bridgehead atoms. The summed E-state index contributed by atoms with van der Waals surface area (Å²) in [6, 6.07) is 10.2. The van der Waals surface area contributed by atoms with Gasteiger partial charge < -0.3 is 9.55 Å². The fourth-order valence-electron chi connectivity index (χ4n) is 2.47. The Morgan fingerprint density at radius 1 is 1.05 bits per heavy atom. The third-order valence-electron chi connectivity index (χ3n) is 3.40. The zero-order chi connectivity index (χ0) is 12.7. The lowest BCUT2D eigenvalue weighted by Gasteiger charge is -2.03. The Hall–Kier alpha value is -2.62. The van der Waals surface area contributed by atoms with Crippen molar-refractivity contribution in [1.82, 2.24) is 19.5 Å². The van der Waals surface area contributed by atoms with E-state index in [0.29, 0.717) is 0 Å². The van der Waals surface area contributed by atoms with Gasteiger partial charge in [-0.2, -0.15) is 0 Å². The van der Waals surface area contributed by atoms with Crippen molar-refractivity contribution < 1.29 is 0 Å². The predicted molar refractivity (Wildman–Crippen MR) is 74.9 cm³/mol. The van der Waals surface area contributed by atoms with Crippen molar-refractivity contribution in [2.24, 2.45) is 0 Å². The van der Waals surface area contributed by atoms with Gasteiger partial charge in [0, 0.05) is 35.6 Å². The largest absolute Gasteiger partial charge is 0.346 e. The summed E-state index contributed by atoms with van der Waals surface area (Å²) in [5.74, 6) is 0. The van der Waals surface area contributed by atoms with Gasteiger partial charge in [-0.3, -0.25) is 0 Å². The highest BCUT2D eigenvalue weighted by atomic mass is 15.0. The molecular weight excluding hydrogens is 236 g/mol. The quantitative estimate of drug-likeness (QED) is 0.593. The Morgan fingerprint density at radius 2 is 1.95 bits per heavy atom. The van der Waals surface area contributed by atoms with Crippen LogP contribution in [-0.4, -0.2) is 19.5 Å². The number of rotatable bonds is 2. The van der Waals surface area contributed by atoms with Gasteiger partial charge in [-0.05, 0) is 35.9 Å². The van der Waals surface area contributed by atoms with Gasteiger partial charge in [0.2, 0.25) is 0 Å². The first-order valence-electron chi connectivity index (χ1n) is 6.23. The summed E-state index contributed by atoms with van der Waals surface area (Å²) >= 11 is 0. The van der Waals surface area contributed by atoms with Crippen LogP contribution in [-0.2, 0) is 6.54 Å². The highest BCUT2D eigenvalue weighted by molar-refractivity contribution is 5.80. The fourth-order valence-corrected chi connectivity index (χ4v) is 2.47. The Kier molecular flexibility index (Phi) is 2.14. The molecule has 4 nitrogen and oxygen atoms in total. The second kappa shape index (κ2) is 3.95. The summed E-state index contributed by atoms with van der Waals surface area (Å²) in [5.41, 5.74) is 3.17. The van der Waals surface area contributed by atoms with Gasteiger partial charge in [-0.25, -0.2) is 9.97 Å². The van der Waals surface area contributed by atoms with E-state index in [4.69, 9.17) is 0 Å². The van der Waals surface area contributed by atoms with Crippen molar-refractivity contribution in [3.05, 3.63) is 60.7 Å². The molecule has 4 heteroatoms. The Labute approximate surface area is 109 Å². The van der Waals surface area contributed by atoms with Crippen LogP contribution in [0.2, 0.25) is 0 Å². The summed E-state index contributed by atoms with van der Waals surface area (Å²) < 4.78 is 2.16. The molecule has 0 unspecified atom stereocenters. The number of aromatic nitrogens is 4. The number of hydrogen-bond donors (Lipinski definition) is 1. The summed E-state index contributed by atoms with van der Waals surface area (Å²) in [6.45, 7) is 0.798. The average Bonchev–Trinajstić information content (AvgIpc) is 3.05. The first-order chi connectivity index (χ1) is 9.42. The van der Waals surface area contributed by atoms with Gasteiger partial charge in [0.05, 0.1) is 6.54 Å². The average molecular weight is 248 g/mol. The normalized spacial score (nSPS) is 11.4. The molecule has 0 aliphatic heterocycles. The molecule has 4 heterocycles. The molecule has 0 radical (unpaired) electrons. The summed E-state index contributed by atoms with van der Waals surface area (Å²) in [5, 5.41) is 2.33. The van der Waals surface area contributed by atoms with Crippen LogP contribution in [0.4, 0.5) is 0 Å². The lowest BCUT2D eigenvalue weighted by Crippen LogP contribution is -1.98. The Morgan fingerprint density at radius 3 is 2.95 bits per heavy atom. The molecule has 4 aromatic heterocycles. The first-order valence-corrected chi connectivity index (χ1v) is 6.23. The molecule has 1 N–H and O–H groups in total. The van der Waals surface area contributed by atoms with Crippen LogP contribution in [0.3, 0.4) is 0 Å². The van der Waals surface area contributed by atoms with Gasteiger partial charge in [0.1, 0.15) is 11.3 Å². The van der Waals surface area contributed by atoms with E-state index >= 15 is 0 Å². The maximum absolute atomic E-state index is 4.44. The van der Waals surface area contributed by atoms with Crippen LogP contribution in [0.25, 0.3) is 22.1 Å². The molecule has 0 aliphatic rings. The Balaban J connectivity index is 1.82. The molecule has 0 aromatic carbocycles. The van der Waals surface area contributed by atoms with Crippen molar-refractivity contribution in [2.75, 3.05) is 0 Å². The van der Waals surface area contributed by atoms with E-state index in [1.807, 2.05) is 24.5 Å². The summed E-state index contributed by atoms with van der Waals surface area (Å²) in [4.78, 5) is 12.0. The standard InChI is InChI=1S/C15H12N4/c1-3-11-5-8-19(15(11)17-7-1)10-12-9-18-14-13(12)4-2-6-16-14/h1-9H,10H2,(H,16,18). The zero-order valence-corrected chi connectivity index (χ0v) is 10.2. The highest BCUT2D eigenvalue weighted by Gasteiger charge is 2.07. The lowest BCUT2D eigenvalue weighted by atomic mass is 10.2. The van der Waals surface area contributed by atoms with E-state index in [-0.39, 0.29) is 0 Å². The third-order valence-corrected chi connectivity index (χ3v) is 3.40. The number of pyridine rings is 2. The topological polar surface area (TPSA) is 46.5 Å². The van der Waals surface area contributed by atoms with Crippen LogP contribution < -0.4 is 0 Å². The summed E-state index contributed by atoms with van der Waals surface area (Å²) in [6.07, 6.45) is 7.73. The number of hydrogen-bond acceptors (Lipinski definition) is 2. The highest BCUT2D eigenvalue weighted by Crippen LogP contribution is 2.19. The molecule has 4 aromatic rings. The second-order valence-electron chi connectivity index (χ2n) is 4.57. The minimum Gasteiger partial charge on any atom is -0.346 e. The van der Waals surface area contributed by atoms with Crippen molar-refractivity contribution in [2.45, 2.75) is 6.54 Å². The molecule has 92 valence electrons. The van der Waals surface area contributed by atoms with Crippen molar-refractivity contribution in [3.8, 4) is 0 Å². The van der Waals surface area contributed by atoms with E-state index < -0.39 is 0 Å². The van der Waals surface area contributed by atoms with Crippen LogP contribution >= 0.6 is 0 Å². The summed E-state index contributed by atoms with van der Waals surface area (Å²) in [7, 11) is 0. The second-order valence-corrected chi connectivity index (χ2v) is 4.57. The molecule has 0 spiro atoms. The molecular formula is C15H12N4. The molecule has 0 saturated carbocycles. The zero-order valence-electron chi connectivity index (χ0n) is 10.2. The van der Waals surface area contributed by atoms with Gasteiger partial charge in [-0.15, -0.1) is 0 Å². The monoisotopic (exact) mass is 248 g/mol. The molecule has 19 heavy (non-hydrogen) atoms. The number of H-pyrrole nitrogens is 1. The lowest BCUT2D eigenvalue weighted by molar-refractivity contribution is 0.831. The molecule has 0 aliphatic carbocycles. The molecule has 0 saturated heterocycles. The van der Waals surface area contributed by atoms with E-state index in [9.17, 15) is 0 Å². The van der Waals surface area contributed by atoms with Crippen LogP contribution in [0.15, 0.2) is 55.1 Å². The number of nitrogens with one attached hydrogen (secondary N) is 1. The van der Waals surface area contributed by atoms with E-state index in [2.05, 4.69) is 43.9 Å². The van der Waals surface area contributed by atoms with Gasteiger partial charge >= 0.3 is 0 Å². The SMILES string of the molecule is c1cnc2c(c1)ccn2Cc1c[nH]c2ncccc12. The van der Waals surface area contributed by atoms with E-state index in [1.165, 1.54) is 16.3 Å². The molecule has 0 atom stereocenters. The van der Waals surface area contributed by atoms with Crippen LogP contribution in [0.5, 0.6) is 0 Å². The molecule has 0 amide bonds. The number of aromatic amines is 1. The smallest absolute Gasteiger partial charge is 0.140 e. The maximum Gasteiger partial charge on any atom is 0.140 e. The maximum atomic E-state index is 4.44. The first kappa shape index (κ1) is 10.3. The van der Waals surface area contributed by atoms with Gasteiger partial charge in [0.25, 0.3) is 0 Å². The third kappa shape index (κ3) is 1.61. The molecule has 0 fully saturated rings. The van der Waals surface area contributed by atoms with Crippen LogP contribution in [0.1, 0.15) is 5.56 Å². The predicted octanol–water partition coefficient (Wildman–Crippen LogP) is 2.96. The molecule has 4 rings (SSSR count). The minimum atomic E-state index is 0.798. The van der Waals surface area contributed by atoms with Crippen molar-refractivity contribution in [1.29, 1.82) is 0 Å². The number of nitrogens with zero attached hydrogens (tertiary/aromatic N) is 3. The Bertz CT molecular complexity index is 784. The van der Waals surface area contributed by atoms with Gasteiger partial charge in [0.15, 0.2) is 0 Å². The van der Waals surface area contributed by atoms with Crippen molar-refractivity contribution in [3.63, 3.8) is 0 Å². The van der Waals surface area contributed by atoms with Crippen LogP contribution in [0, 0.1) is 0 Å². The van der Waals surface area contributed by atoms with Gasteiger partial charge in [-0.1, -0.05) is 0 Å². The van der Waals surface area contributed by atoms with E-state index in [0.717, 1.165) is 17.8 Å². The number of fused-ring (bicyclic) bond motifs is 2.